The van der Waals surface area contributed by atoms with Crippen LogP contribution in [0, 0.1) is 18.8 Å². The van der Waals surface area contributed by atoms with Gasteiger partial charge < -0.3 is 10.6 Å². The minimum atomic E-state index is 0.131. The van der Waals surface area contributed by atoms with Gasteiger partial charge in [0.15, 0.2) is 5.16 Å². The molecular weight excluding hydrogens is 284 g/mol. The second kappa shape index (κ2) is 8.22. The van der Waals surface area contributed by atoms with Gasteiger partial charge in [-0.3, -0.25) is 4.79 Å². The second-order valence-corrected chi connectivity index (χ2v) is 7.03. The van der Waals surface area contributed by atoms with Crippen molar-refractivity contribution in [2.45, 2.75) is 39.8 Å². The Bertz CT molecular complexity index is 446. The van der Waals surface area contributed by atoms with Gasteiger partial charge in [-0.2, -0.15) is 0 Å². The van der Waals surface area contributed by atoms with Gasteiger partial charge in [0.2, 0.25) is 5.91 Å². The normalized spacial score (nSPS) is 11.2. The summed E-state index contributed by atoms with van der Waals surface area (Å²) in [7, 11) is 0. The Labute approximate surface area is 131 Å². The molecule has 0 spiro atoms. The molecule has 118 valence electrons. The number of aromatic nitrogens is 2. The van der Waals surface area contributed by atoms with Crippen LogP contribution in [0.15, 0.2) is 11.2 Å². The number of anilines is 1. The van der Waals surface area contributed by atoms with E-state index in [2.05, 4.69) is 37.7 Å². The Balaban J connectivity index is 2.63. The first-order valence-corrected chi connectivity index (χ1v) is 8.28. The summed E-state index contributed by atoms with van der Waals surface area (Å²) in [6.45, 7) is 11.9. The summed E-state index contributed by atoms with van der Waals surface area (Å²) >= 11 is 1.35. The summed E-state index contributed by atoms with van der Waals surface area (Å²) in [4.78, 5) is 22.7. The number of nitrogens with zero attached hydrogens (tertiary/aromatic N) is 3. The van der Waals surface area contributed by atoms with Gasteiger partial charge in [-0.25, -0.2) is 9.97 Å². The minimum Gasteiger partial charge on any atom is -0.384 e. The third kappa shape index (κ3) is 6.80. The van der Waals surface area contributed by atoms with E-state index in [1.807, 2.05) is 11.8 Å². The van der Waals surface area contributed by atoms with Crippen LogP contribution >= 0.6 is 11.8 Å². The van der Waals surface area contributed by atoms with Crippen molar-refractivity contribution in [1.29, 1.82) is 0 Å². The van der Waals surface area contributed by atoms with Gasteiger partial charge in [-0.1, -0.05) is 39.5 Å². The van der Waals surface area contributed by atoms with E-state index in [0.29, 0.717) is 28.6 Å². The van der Waals surface area contributed by atoms with Crippen molar-refractivity contribution in [3.8, 4) is 0 Å². The Morgan fingerprint density at radius 2 is 1.81 bits per heavy atom. The quantitative estimate of drug-likeness (QED) is 0.619. The molecule has 0 atom stereocenters. The molecule has 0 aromatic carbocycles. The average molecular weight is 310 g/mol. The van der Waals surface area contributed by atoms with Crippen molar-refractivity contribution >= 4 is 23.5 Å². The largest absolute Gasteiger partial charge is 0.384 e. The molecule has 1 heterocycles. The lowest BCUT2D eigenvalue weighted by atomic mass is 10.1. The van der Waals surface area contributed by atoms with Crippen LogP contribution in [-0.2, 0) is 4.79 Å². The molecule has 1 aromatic rings. The number of hydrogen-bond acceptors (Lipinski definition) is 5. The van der Waals surface area contributed by atoms with Gasteiger partial charge in [0.25, 0.3) is 0 Å². The Morgan fingerprint density at radius 1 is 1.24 bits per heavy atom. The second-order valence-electron chi connectivity index (χ2n) is 6.09. The van der Waals surface area contributed by atoms with Crippen molar-refractivity contribution in [1.82, 2.24) is 14.9 Å². The fraction of sp³-hybridized carbons (Fsp3) is 0.667. The number of nitrogen functional groups attached to an aromatic ring is 1. The smallest absolute Gasteiger partial charge is 0.233 e. The molecule has 0 bridgehead atoms. The van der Waals surface area contributed by atoms with Gasteiger partial charge in [0.1, 0.15) is 5.82 Å². The highest BCUT2D eigenvalue weighted by Crippen LogP contribution is 2.16. The van der Waals surface area contributed by atoms with Crippen LogP contribution in [0.1, 0.15) is 33.4 Å². The number of amides is 1. The summed E-state index contributed by atoms with van der Waals surface area (Å²) in [5.41, 5.74) is 6.52. The van der Waals surface area contributed by atoms with E-state index in [0.717, 1.165) is 18.8 Å². The maximum Gasteiger partial charge on any atom is 0.233 e. The van der Waals surface area contributed by atoms with Crippen LogP contribution < -0.4 is 5.73 Å². The number of thioether (sulfide) groups is 1. The lowest BCUT2D eigenvalue weighted by Gasteiger charge is -2.26. The highest BCUT2D eigenvalue weighted by molar-refractivity contribution is 7.99. The molecule has 0 unspecified atom stereocenters. The van der Waals surface area contributed by atoms with Crippen LogP contribution in [0.2, 0.25) is 0 Å². The topological polar surface area (TPSA) is 72.1 Å². The van der Waals surface area contributed by atoms with Gasteiger partial charge in [0.05, 0.1) is 5.75 Å². The van der Waals surface area contributed by atoms with Crippen LogP contribution in [-0.4, -0.2) is 39.6 Å². The number of rotatable bonds is 7. The number of aryl methyl sites for hydroxylation is 1. The summed E-state index contributed by atoms with van der Waals surface area (Å²) in [6.07, 6.45) is 0. The Morgan fingerprint density at radius 3 is 2.29 bits per heavy atom. The van der Waals surface area contributed by atoms with Crippen molar-refractivity contribution < 1.29 is 4.79 Å². The summed E-state index contributed by atoms with van der Waals surface area (Å²) < 4.78 is 0. The van der Waals surface area contributed by atoms with Gasteiger partial charge in [0, 0.05) is 24.8 Å². The standard InChI is InChI=1S/C15H26N4OS/c1-10(2)7-19(8-11(3)4)14(20)9-21-15-17-12(5)6-13(16)18-15/h6,10-11H,7-9H2,1-5H3,(H2,16,17,18). The fourth-order valence-electron chi connectivity index (χ4n) is 2.01. The van der Waals surface area contributed by atoms with E-state index in [1.54, 1.807) is 6.07 Å². The van der Waals surface area contributed by atoms with Crippen LogP contribution in [0.4, 0.5) is 5.82 Å². The first kappa shape index (κ1) is 17.8. The first-order valence-electron chi connectivity index (χ1n) is 7.29. The zero-order valence-corrected chi connectivity index (χ0v) is 14.4. The van der Waals surface area contributed by atoms with E-state index in [1.165, 1.54) is 11.8 Å². The van der Waals surface area contributed by atoms with Gasteiger partial charge in [-0.05, 0) is 18.8 Å². The maximum absolute atomic E-state index is 12.4. The molecule has 21 heavy (non-hydrogen) atoms. The Hall–Kier alpha value is -1.30. The highest BCUT2D eigenvalue weighted by atomic mass is 32.2. The monoisotopic (exact) mass is 310 g/mol. The molecule has 1 aromatic heterocycles. The molecule has 0 fully saturated rings. The van der Waals surface area contributed by atoms with Crippen LogP contribution in [0.25, 0.3) is 0 Å². The zero-order valence-electron chi connectivity index (χ0n) is 13.6. The predicted octanol–water partition coefficient (Wildman–Crippen LogP) is 2.60. The summed E-state index contributed by atoms with van der Waals surface area (Å²) in [6, 6.07) is 1.72. The zero-order chi connectivity index (χ0) is 16.0. The fourth-order valence-corrected chi connectivity index (χ4v) is 2.82. The molecule has 0 aliphatic rings. The molecule has 2 N–H and O–H groups in total. The van der Waals surface area contributed by atoms with Crippen LogP contribution in [0.5, 0.6) is 0 Å². The van der Waals surface area contributed by atoms with Gasteiger partial charge in [-0.15, -0.1) is 0 Å². The van der Waals surface area contributed by atoms with E-state index < -0.39 is 0 Å². The van der Waals surface area contributed by atoms with Crippen molar-refractivity contribution in [2.75, 3.05) is 24.6 Å². The minimum absolute atomic E-state index is 0.131. The molecule has 0 radical (unpaired) electrons. The lowest BCUT2D eigenvalue weighted by Crippen LogP contribution is -2.38. The van der Waals surface area contributed by atoms with E-state index >= 15 is 0 Å². The molecule has 5 nitrogen and oxygen atoms in total. The third-order valence-electron chi connectivity index (χ3n) is 2.70. The summed E-state index contributed by atoms with van der Waals surface area (Å²) in [5, 5.41) is 0.565. The molecule has 1 amide bonds. The van der Waals surface area contributed by atoms with E-state index in [-0.39, 0.29) is 5.91 Å². The summed E-state index contributed by atoms with van der Waals surface area (Å²) in [5.74, 6) is 1.85. The lowest BCUT2D eigenvalue weighted by molar-refractivity contribution is -0.129. The highest BCUT2D eigenvalue weighted by Gasteiger charge is 2.17. The molecule has 0 saturated heterocycles. The van der Waals surface area contributed by atoms with Gasteiger partial charge >= 0.3 is 0 Å². The van der Waals surface area contributed by atoms with E-state index in [4.69, 9.17) is 5.73 Å². The molecular formula is C15H26N4OS. The molecule has 0 aliphatic carbocycles. The molecule has 1 rings (SSSR count). The number of hydrogen-bond donors (Lipinski definition) is 1. The van der Waals surface area contributed by atoms with Crippen molar-refractivity contribution in [3.05, 3.63) is 11.8 Å². The number of carbonyl (C=O) groups excluding carboxylic acids is 1. The maximum atomic E-state index is 12.4. The SMILES string of the molecule is Cc1cc(N)nc(SCC(=O)N(CC(C)C)CC(C)C)n1. The molecule has 0 aliphatic heterocycles. The molecule has 6 heteroatoms. The first-order chi connectivity index (χ1) is 9.77. The average Bonchev–Trinajstić information content (AvgIpc) is 2.32. The number of carbonyl (C=O) groups is 1. The predicted molar refractivity (Wildman–Crippen MR) is 88.2 cm³/mol. The van der Waals surface area contributed by atoms with Crippen molar-refractivity contribution in [3.63, 3.8) is 0 Å². The number of nitrogens with two attached hydrogens (primary N) is 1. The third-order valence-corrected chi connectivity index (χ3v) is 3.53. The van der Waals surface area contributed by atoms with Crippen molar-refractivity contribution in [2.24, 2.45) is 11.8 Å². The van der Waals surface area contributed by atoms with Crippen LogP contribution in [0.3, 0.4) is 0 Å². The van der Waals surface area contributed by atoms with E-state index in [9.17, 15) is 4.79 Å². The Kier molecular flexibility index (Phi) is 6.95. The molecule has 0 saturated carbocycles.